The number of carbonyl (C=O) groups is 1. The number of hydrogen-bond donors (Lipinski definition) is 3. The molecule has 1 heterocycles. The summed E-state index contributed by atoms with van der Waals surface area (Å²) in [4.78, 5) is 13.5. The molecule has 0 saturated heterocycles. The van der Waals surface area contributed by atoms with Gasteiger partial charge in [0.05, 0.1) is 12.3 Å². The number of nitrogens with zero attached hydrogens (tertiary/aromatic N) is 2. The highest BCUT2D eigenvalue weighted by molar-refractivity contribution is 5.89. The molecule has 0 saturated carbocycles. The van der Waals surface area contributed by atoms with Crippen LogP contribution in [0.1, 0.15) is 0 Å². The number of aliphatic hydroxyl groups is 1. The van der Waals surface area contributed by atoms with Crippen molar-refractivity contribution in [1.29, 1.82) is 0 Å². The number of nitrogens with one attached hydrogen (secondary N) is 2. The number of benzene rings is 1. The second-order valence-electron chi connectivity index (χ2n) is 4.44. The van der Waals surface area contributed by atoms with Gasteiger partial charge in [-0.25, -0.2) is 4.79 Å². The van der Waals surface area contributed by atoms with Crippen molar-refractivity contribution in [2.75, 3.05) is 25.0 Å². The molecule has 1 aromatic heterocycles. The lowest BCUT2D eigenvalue weighted by atomic mass is 10.1. The highest BCUT2D eigenvalue weighted by Gasteiger charge is 2.11. The Morgan fingerprint density at radius 1 is 1.38 bits per heavy atom. The molecule has 6 heteroatoms. The predicted molar refractivity (Wildman–Crippen MR) is 81.9 cm³/mol. The lowest BCUT2D eigenvalue weighted by Gasteiger charge is -2.20. The minimum Gasteiger partial charge on any atom is -0.395 e. The Bertz CT molecular complexity index is 578. The summed E-state index contributed by atoms with van der Waals surface area (Å²) in [5.41, 5.74) is 2.60. The van der Waals surface area contributed by atoms with Gasteiger partial charge in [-0.15, -0.1) is 6.58 Å². The van der Waals surface area contributed by atoms with E-state index < -0.39 is 0 Å². The Balaban J connectivity index is 2.02. The number of aliphatic hydroxyl groups excluding tert-OH is 1. The van der Waals surface area contributed by atoms with E-state index in [1.165, 1.54) is 4.90 Å². The number of aromatic nitrogens is 2. The molecule has 0 aliphatic heterocycles. The van der Waals surface area contributed by atoms with Crippen LogP contribution in [0.4, 0.5) is 10.5 Å². The van der Waals surface area contributed by atoms with Crippen LogP contribution in [0.2, 0.25) is 0 Å². The van der Waals surface area contributed by atoms with Crippen molar-refractivity contribution in [1.82, 2.24) is 15.1 Å². The third-order valence-corrected chi connectivity index (χ3v) is 2.95. The predicted octanol–water partition coefficient (Wildman–Crippen LogP) is 2.09. The summed E-state index contributed by atoms with van der Waals surface area (Å²) in [6.45, 7) is 4.17. The Morgan fingerprint density at radius 2 is 2.14 bits per heavy atom. The highest BCUT2D eigenvalue weighted by Crippen LogP contribution is 2.19. The van der Waals surface area contributed by atoms with E-state index in [0.717, 1.165) is 11.3 Å². The molecule has 0 radical (unpaired) electrons. The van der Waals surface area contributed by atoms with E-state index >= 15 is 0 Å². The molecule has 110 valence electrons. The first-order chi connectivity index (χ1) is 10.2. The third-order valence-electron chi connectivity index (χ3n) is 2.95. The molecule has 1 aromatic carbocycles. The first kappa shape index (κ1) is 14.8. The van der Waals surface area contributed by atoms with Gasteiger partial charge in [-0.1, -0.05) is 18.2 Å². The Labute approximate surface area is 123 Å². The molecule has 0 unspecified atom stereocenters. The van der Waals surface area contributed by atoms with Gasteiger partial charge in [-0.2, -0.15) is 5.10 Å². The van der Waals surface area contributed by atoms with Crippen LogP contribution < -0.4 is 5.32 Å². The molecule has 2 rings (SSSR count). The maximum atomic E-state index is 12.0. The number of anilines is 1. The number of hydrogen-bond acceptors (Lipinski definition) is 3. The normalized spacial score (nSPS) is 10.1. The summed E-state index contributed by atoms with van der Waals surface area (Å²) in [7, 11) is 0. The molecule has 0 fully saturated rings. The fourth-order valence-corrected chi connectivity index (χ4v) is 1.90. The molecule has 6 nitrogen and oxygen atoms in total. The van der Waals surface area contributed by atoms with Crippen molar-refractivity contribution in [3.8, 4) is 11.3 Å². The van der Waals surface area contributed by atoms with E-state index in [1.807, 2.05) is 30.3 Å². The Hall–Kier alpha value is -2.60. The van der Waals surface area contributed by atoms with Gasteiger partial charge in [0.25, 0.3) is 0 Å². The van der Waals surface area contributed by atoms with Gasteiger partial charge in [0.15, 0.2) is 0 Å². The van der Waals surface area contributed by atoms with Crippen LogP contribution in [0.25, 0.3) is 11.3 Å². The van der Waals surface area contributed by atoms with Gasteiger partial charge < -0.3 is 15.3 Å². The van der Waals surface area contributed by atoms with Crippen LogP contribution in [-0.4, -0.2) is 45.9 Å². The number of urea groups is 1. The SMILES string of the molecule is C=CCN(CCO)C(=O)Nc1ccc(-c2ccn[nH]2)cc1. The van der Waals surface area contributed by atoms with Crippen LogP contribution in [0.15, 0.2) is 49.2 Å². The standard InChI is InChI=1S/C15H18N4O2/c1-2-9-19(10-11-20)15(21)17-13-5-3-12(4-6-13)14-7-8-16-18-14/h2-8,20H,1,9-11H2,(H,16,18)(H,17,21). The zero-order valence-corrected chi connectivity index (χ0v) is 11.6. The smallest absolute Gasteiger partial charge is 0.322 e. The lowest BCUT2D eigenvalue weighted by molar-refractivity contribution is 0.195. The molecule has 0 aliphatic carbocycles. The van der Waals surface area contributed by atoms with Crippen molar-refractivity contribution in [3.05, 3.63) is 49.2 Å². The monoisotopic (exact) mass is 286 g/mol. The molecule has 0 atom stereocenters. The van der Waals surface area contributed by atoms with Gasteiger partial charge in [-0.05, 0) is 23.8 Å². The van der Waals surface area contributed by atoms with E-state index in [-0.39, 0.29) is 19.2 Å². The topological polar surface area (TPSA) is 81.2 Å². The van der Waals surface area contributed by atoms with Crippen LogP contribution in [0, 0.1) is 0 Å². The minimum absolute atomic E-state index is 0.0833. The average Bonchev–Trinajstić information content (AvgIpc) is 3.02. The highest BCUT2D eigenvalue weighted by atomic mass is 16.3. The molecular formula is C15H18N4O2. The van der Waals surface area contributed by atoms with Crippen LogP contribution in [0.5, 0.6) is 0 Å². The molecule has 0 aliphatic rings. The second-order valence-corrected chi connectivity index (χ2v) is 4.44. The molecule has 2 amide bonds. The molecule has 0 bridgehead atoms. The maximum Gasteiger partial charge on any atom is 0.322 e. The zero-order valence-electron chi connectivity index (χ0n) is 11.6. The molecule has 3 N–H and O–H groups in total. The first-order valence-electron chi connectivity index (χ1n) is 6.62. The Morgan fingerprint density at radius 3 is 2.71 bits per heavy atom. The van der Waals surface area contributed by atoms with E-state index in [1.54, 1.807) is 12.3 Å². The van der Waals surface area contributed by atoms with Crippen molar-refractivity contribution in [3.63, 3.8) is 0 Å². The largest absolute Gasteiger partial charge is 0.395 e. The summed E-state index contributed by atoms with van der Waals surface area (Å²) in [6.07, 6.45) is 3.31. The summed E-state index contributed by atoms with van der Waals surface area (Å²) < 4.78 is 0. The van der Waals surface area contributed by atoms with Crippen molar-refractivity contribution < 1.29 is 9.90 Å². The van der Waals surface area contributed by atoms with Crippen molar-refractivity contribution >= 4 is 11.7 Å². The number of amides is 2. The number of carbonyl (C=O) groups excluding carboxylic acids is 1. The zero-order chi connectivity index (χ0) is 15.1. The summed E-state index contributed by atoms with van der Waals surface area (Å²) in [5.74, 6) is 0. The molecule has 2 aromatic rings. The van der Waals surface area contributed by atoms with Gasteiger partial charge in [0.2, 0.25) is 0 Å². The van der Waals surface area contributed by atoms with Gasteiger partial charge in [-0.3, -0.25) is 5.10 Å². The molecular weight excluding hydrogens is 268 g/mol. The van der Waals surface area contributed by atoms with Gasteiger partial charge in [0.1, 0.15) is 0 Å². The second kappa shape index (κ2) is 7.25. The van der Waals surface area contributed by atoms with E-state index in [2.05, 4.69) is 22.1 Å². The average molecular weight is 286 g/mol. The van der Waals surface area contributed by atoms with Crippen LogP contribution >= 0.6 is 0 Å². The summed E-state index contributed by atoms with van der Waals surface area (Å²) in [6, 6.07) is 9.04. The third kappa shape index (κ3) is 3.93. The minimum atomic E-state index is -0.266. The van der Waals surface area contributed by atoms with E-state index in [0.29, 0.717) is 12.2 Å². The van der Waals surface area contributed by atoms with Crippen molar-refractivity contribution in [2.24, 2.45) is 0 Å². The molecule has 21 heavy (non-hydrogen) atoms. The van der Waals surface area contributed by atoms with Gasteiger partial charge in [0, 0.05) is 25.0 Å². The molecule has 0 spiro atoms. The first-order valence-corrected chi connectivity index (χ1v) is 6.62. The summed E-state index contributed by atoms with van der Waals surface area (Å²) >= 11 is 0. The maximum absolute atomic E-state index is 12.0. The Kier molecular flexibility index (Phi) is 5.11. The fourth-order valence-electron chi connectivity index (χ4n) is 1.90. The number of H-pyrrole nitrogens is 1. The van der Waals surface area contributed by atoms with E-state index in [4.69, 9.17) is 5.11 Å². The van der Waals surface area contributed by atoms with Gasteiger partial charge >= 0.3 is 6.03 Å². The fraction of sp³-hybridized carbons (Fsp3) is 0.200. The van der Waals surface area contributed by atoms with Crippen LogP contribution in [-0.2, 0) is 0 Å². The van der Waals surface area contributed by atoms with Crippen LogP contribution in [0.3, 0.4) is 0 Å². The van der Waals surface area contributed by atoms with E-state index in [9.17, 15) is 4.79 Å². The summed E-state index contributed by atoms with van der Waals surface area (Å²) in [5, 5.41) is 18.5. The van der Waals surface area contributed by atoms with Crippen molar-refractivity contribution in [2.45, 2.75) is 0 Å². The lowest BCUT2D eigenvalue weighted by Crippen LogP contribution is -2.37. The number of rotatable bonds is 6. The number of aromatic amines is 1. The quantitative estimate of drug-likeness (QED) is 0.711.